The Labute approximate surface area is 117 Å². The van der Waals surface area contributed by atoms with Gasteiger partial charge >= 0.3 is 17.8 Å². The Morgan fingerprint density at radius 2 is 2.19 bits per heavy atom. The summed E-state index contributed by atoms with van der Waals surface area (Å²) in [6.45, 7) is 2.95. The molecule has 0 bridgehead atoms. The Balaban J connectivity index is 3.12. The highest BCUT2D eigenvalue weighted by Gasteiger charge is 2.34. The summed E-state index contributed by atoms with van der Waals surface area (Å²) in [5, 5.41) is 13.1. The number of anilines is 1. The molecule has 1 N–H and O–H groups in total. The molecular weight excluding hydrogens is 295 g/mol. The number of carbonyl (C=O) groups excluding carboxylic acids is 1. The molecule has 21 heavy (non-hydrogen) atoms. The predicted octanol–water partition coefficient (Wildman–Crippen LogP) is 2.37. The standard InChI is InChI=1S/C11H12F3N3O4/c1-3-21-10(18)6(2)16-7-4-9(11(12,13)14)15-5-8(7)17(19)20/h4-6H,3H2,1-2H3,(H,15,16). The molecule has 1 heterocycles. The molecule has 1 unspecified atom stereocenters. The summed E-state index contributed by atoms with van der Waals surface area (Å²) in [6, 6.07) is -0.569. The fourth-order valence-electron chi connectivity index (χ4n) is 1.42. The lowest BCUT2D eigenvalue weighted by Gasteiger charge is -2.15. The third kappa shape index (κ3) is 4.29. The number of ether oxygens (including phenoxy) is 1. The molecule has 0 aliphatic rings. The first-order chi connectivity index (χ1) is 9.66. The van der Waals surface area contributed by atoms with Crippen LogP contribution in [0.1, 0.15) is 19.5 Å². The molecule has 1 aromatic rings. The zero-order valence-electron chi connectivity index (χ0n) is 11.1. The van der Waals surface area contributed by atoms with Crippen molar-refractivity contribution in [2.24, 2.45) is 0 Å². The van der Waals surface area contributed by atoms with Crippen molar-refractivity contribution in [2.45, 2.75) is 26.1 Å². The molecule has 116 valence electrons. The van der Waals surface area contributed by atoms with Crippen LogP contribution in [0.4, 0.5) is 24.5 Å². The van der Waals surface area contributed by atoms with E-state index >= 15 is 0 Å². The summed E-state index contributed by atoms with van der Waals surface area (Å²) in [5.74, 6) is -0.739. The quantitative estimate of drug-likeness (QED) is 0.510. The molecule has 0 saturated carbocycles. The number of halogens is 3. The Kier molecular flexibility index (Phi) is 5.06. The molecule has 0 fully saturated rings. The molecule has 0 aliphatic heterocycles. The van der Waals surface area contributed by atoms with Gasteiger partial charge in [0.05, 0.1) is 11.5 Å². The largest absolute Gasteiger partial charge is 0.464 e. The first-order valence-electron chi connectivity index (χ1n) is 5.81. The van der Waals surface area contributed by atoms with Crippen molar-refractivity contribution in [1.82, 2.24) is 4.98 Å². The number of carbonyl (C=O) groups is 1. The van der Waals surface area contributed by atoms with E-state index in [1.165, 1.54) is 6.92 Å². The Morgan fingerprint density at radius 3 is 2.67 bits per heavy atom. The lowest BCUT2D eigenvalue weighted by molar-refractivity contribution is -0.384. The number of nitrogens with zero attached hydrogens (tertiary/aromatic N) is 2. The third-order valence-electron chi connectivity index (χ3n) is 2.38. The van der Waals surface area contributed by atoms with Crippen molar-refractivity contribution >= 4 is 17.3 Å². The molecule has 0 amide bonds. The van der Waals surface area contributed by atoms with Crippen molar-refractivity contribution in [2.75, 3.05) is 11.9 Å². The van der Waals surface area contributed by atoms with E-state index in [1.807, 2.05) is 0 Å². The van der Waals surface area contributed by atoms with Gasteiger partial charge in [0, 0.05) is 0 Å². The summed E-state index contributed by atoms with van der Waals surface area (Å²) >= 11 is 0. The van der Waals surface area contributed by atoms with Gasteiger partial charge in [-0.2, -0.15) is 13.2 Å². The van der Waals surface area contributed by atoms with Crippen molar-refractivity contribution in [3.63, 3.8) is 0 Å². The molecule has 10 heteroatoms. The fourth-order valence-corrected chi connectivity index (χ4v) is 1.42. The van der Waals surface area contributed by atoms with Crippen LogP contribution in [0.25, 0.3) is 0 Å². The van der Waals surface area contributed by atoms with E-state index in [0.717, 1.165) is 0 Å². The van der Waals surface area contributed by atoms with E-state index in [2.05, 4.69) is 15.0 Å². The van der Waals surface area contributed by atoms with Gasteiger partial charge in [-0.15, -0.1) is 0 Å². The second-order valence-electron chi connectivity index (χ2n) is 3.96. The second kappa shape index (κ2) is 6.37. The number of esters is 1. The zero-order valence-corrected chi connectivity index (χ0v) is 11.1. The van der Waals surface area contributed by atoms with Gasteiger partial charge in [-0.25, -0.2) is 9.78 Å². The maximum absolute atomic E-state index is 12.6. The van der Waals surface area contributed by atoms with Gasteiger partial charge in [-0.3, -0.25) is 10.1 Å². The fraction of sp³-hybridized carbons (Fsp3) is 0.455. The third-order valence-corrected chi connectivity index (χ3v) is 2.38. The highest BCUT2D eigenvalue weighted by molar-refractivity contribution is 5.80. The minimum absolute atomic E-state index is 0.0804. The summed E-state index contributed by atoms with van der Waals surface area (Å²) in [7, 11) is 0. The summed E-state index contributed by atoms with van der Waals surface area (Å²) in [5.41, 5.74) is -2.42. The molecule has 7 nitrogen and oxygen atoms in total. The number of hydrogen-bond acceptors (Lipinski definition) is 6. The molecule has 0 saturated heterocycles. The van der Waals surface area contributed by atoms with E-state index in [0.29, 0.717) is 12.3 Å². The van der Waals surface area contributed by atoms with Crippen molar-refractivity contribution in [3.8, 4) is 0 Å². The first-order valence-corrected chi connectivity index (χ1v) is 5.81. The Hall–Kier alpha value is -2.39. The molecule has 0 aromatic carbocycles. The summed E-state index contributed by atoms with van der Waals surface area (Å²) in [4.78, 5) is 24.3. The second-order valence-corrected chi connectivity index (χ2v) is 3.96. The smallest absolute Gasteiger partial charge is 0.433 e. The highest BCUT2D eigenvalue weighted by atomic mass is 19.4. The number of nitro groups is 1. The van der Waals surface area contributed by atoms with Gasteiger partial charge < -0.3 is 10.1 Å². The van der Waals surface area contributed by atoms with Crippen molar-refractivity contribution in [3.05, 3.63) is 28.1 Å². The molecule has 0 radical (unpaired) electrons. The number of hydrogen-bond donors (Lipinski definition) is 1. The number of alkyl halides is 3. The van der Waals surface area contributed by atoms with Crippen LogP contribution in [0.3, 0.4) is 0 Å². The van der Waals surface area contributed by atoms with Crippen LogP contribution in [0.2, 0.25) is 0 Å². The molecule has 0 spiro atoms. The minimum atomic E-state index is -4.75. The van der Waals surface area contributed by atoms with Gasteiger partial charge in [0.15, 0.2) is 0 Å². The van der Waals surface area contributed by atoms with E-state index in [1.54, 1.807) is 6.92 Å². The van der Waals surface area contributed by atoms with Gasteiger partial charge in [0.25, 0.3) is 0 Å². The summed E-state index contributed by atoms with van der Waals surface area (Å²) in [6.07, 6.45) is -4.26. The lowest BCUT2D eigenvalue weighted by atomic mass is 10.2. The van der Waals surface area contributed by atoms with Gasteiger partial charge in [0.2, 0.25) is 0 Å². The maximum Gasteiger partial charge on any atom is 0.433 e. The zero-order chi connectivity index (χ0) is 16.2. The molecule has 1 atom stereocenters. The van der Waals surface area contributed by atoms with Crippen LogP contribution in [0, 0.1) is 10.1 Å². The van der Waals surface area contributed by atoms with E-state index in [-0.39, 0.29) is 6.61 Å². The van der Waals surface area contributed by atoms with Gasteiger partial charge in [-0.1, -0.05) is 0 Å². The topological polar surface area (TPSA) is 94.4 Å². The molecule has 1 aromatic heterocycles. The van der Waals surface area contributed by atoms with Gasteiger partial charge in [-0.05, 0) is 19.9 Å². The number of pyridine rings is 1. The lowest BCUT2D eigenvalue weighted by Crippen LogP contribution is -2.28. The van der Waals surface area contributed by atoms with E-state index < -0.39 is 40.2 Å². The maximum atomic E-state index is 12.6. The highest BCUT2D eigenvalue weighted by Crippen LogP contribution is 2.33. The van der Waals surface area contributed by atoms with Gasteiger partial charge in [0.1, 0.15) is 23.6 Å². The SMILES string of the molecule is CCOC(=O)C(C)Nc1cc(C(F)(F)F)ncc1[N+](=O)[O-]. The van der Waals surface area contributed by atoms with Crippen LogP contribution in [-0.4, -0.2) is 28.5 Å². The average Bonchev–Trinajstić information content (AvgIpc) is 2.37. The Morgan fingerprint density at radius 1 is 1.57 bits per heavy atom. The van der Waals surface area contributed by atoms with E-state index in [4.69, 9.17) is 0 Å². The van der Waals surface area contributed by atoms with Crippen molar-refractivity contribution in [1.29, 1.82) is 0 Å². The number of aromatic nitrogens is 1. The van der Waals surface area contributed by atoms with Crippen LogP contribution in [0.5, 0.6) is 0 Å². The van der Waals surface area contributed by atoms with Crippen LogP contribution >= 0.6 is 0 Å². The van der Waals surface area contributed by atoms with Crippen LogP contribution in [-0.2, 0) is 15.7 Å². The normalized spacial score (nSPS) is 12.6. The molecule has 1 rings (SSSR count). The predicted molar refractivity (Wildman–Crippen MR) is 65.6 cm³/mol. The van der Waals surface area contributed by atoms with Crippen LogP contribution in [0.15, 0.2) is 12.3 Å². The Bertz CT molecular complexity index is 548. The average molecular weight is 307 g/mol. The number of rotatable bonds is 5. The van der Waals surface area contributed by atoms with Crippen molar-refractivity contribution < 1.29 is 27.6 Å². The van der Waals surface area contributed by atoms with E-state index in [9.17, 15) is 28.1 Å². The monoisotopic (exact) mass is 307 g/mol. The molecular formula is C11H12F3N3O4. The summed E-state index contributed by atoms with van der Waals surface area (Å²) < 4.78 is 42.4. The first kappa shape index (κ1) is 16.7. The van der Waals surface area contributed by atoms with Crippen LogP contribution < -0.4 is 5.32 Å². The number of nitrogens with one attached hydrogen (secondary N) is 1. The minimum Gasteiger partial charge on any atom is -0.464 e. The molecule has 0 aliphatic carbocycles.